The lowest BCUT2D eigenvalue weighted by atomic mass is 10.1. The van der Waals surface area contributed by atoms with E-state index in [1.807, 2.05) is 37.4 Å². The molecular weight excluding hydrogens is 465 g/mol. The van der Waals surface area contributed by atoms with E-state index in [0.29, 0.717) is 6.54 Å². The van der Waals surface area contributed by atoms with Crippen molar-refractivity contribution in [2.75, 3.05) is 20.2 Å². The van der Waals surface area contributed by atoms with Gasteiger partial charge in [-0.15, -0.1) is 24.0 Å². The van der Waals surface area contributed by atoms with Gasteiger partial charge in [0.15, 0.2) is 5.96 Å². The number of guanidine groups is 1. The summed E-state index contributed by atoms with van der Waals surface area (Å²) in [6.45, 7) is 4.22. The number of benzene rings is 2. The summed E-state index contributed by atoms with van der Waals surface area (Å²) in [6.07, 6.45) is 0.917. The second-order valence-electron chi connectivity index (χ2n) is 6.30. The molecule has 0 aliphatic carbocycles. The molecule has 0 aliphatic rings. The normalized spacial score (nSPS) is 11.2. The smallest absolute Gasteiger partial charge is 0.191 e. The number of nitrogens with zero attached hydrogens (tertiary/aromatic N) is 3. The molecule has 150 valence electrons. The molecule has 0 unspecified atom stereocenters. The molecule has 0 saturated heterocycles. The molecule has 0 aliphatic heterocycles. The number of halogens is 1. The monoisotopic (exact) mass is 493 g/mol. The highest BCUT2D eigenvalue weighted by molar-refractivity contribution is 14.0. The summed E-state index contributed by atoms with van der Waals surface area (Å²) in [5.41, 5.74) is 3.39. The van der Waals surface area contributed by atoms with Crippen molar-refractivity contribution >= 4 is 41.0 Å². The van der Waals surface area contributed by atoms with Gasteiger partial charge in [0.1, 0.15) is 18.1 Å². The summed E-state index contributed by atoms with van der Waals surface area (Å²) in [6, 6.07) is 16.3. The number of hydrogen-bond acceptors (Lipinski definition) is 3. The highest BCUT2D eigenvalue weighted by Gasteiger charge is 2.07. The zero-order valence-corrected chi connectivity index (χ0v) is 18.9. The van der Waals surface area contributed by atoms with Gasteiger partial charge in [-0.1, -0.05) is 24.3 Å². The van der Waals surface area contributed by atoms with Gasteiger partial charge < -0.3 is 19.9 Å². The molecule has 7 heteroatoms. The lowest BCUT2D eigenvalue weighted by Crippen LogP contribution is -2.38. The maximum Gasteiger partial charge on any atom is 0.191 e. The van der Waals surface area contributed by atoms with E-state index < -0.39 is 0 Å². The van der Waals surface area contributed by atoms with Crippen LogP contribution < -0.4 is 15.4 Å². The van der Waals surface area contributed by atoms with E-state index in [1.165, 1.54) is 5.56 Å². The lowest BCUT2D eigenvalue weighted by molar-refractivity contribution is 0.414. The molecule has 0 bridgehead atoms. The van der Waals surface area contributed by atoms with Crippen LogP contribution in [0.1, 0.15) is 18.3 Å². The highest BCUT2D eigenvalue weighted by Crippen LogP contribution is 2.14. The van der Waals surface area contributed by atoms with E-state index in [2.05, 4.69) is 50.3 Å². The van der Waals surface area contributed by atoms with Crippen LogP contribution in [0.25, 0.3) is 11.0 Å². The Hall–Kier alpha value is -2.29. The molecule has 28 heavy (non-hydrogen) atoms. The molecule has 2 N–H and O–H groups in total. The summed E-state index contributed by atoms with van der Waals surface area (Å²) < 4.78 is 7.29. The molecule has 2 aromatic carbocycles. The number of rotatable bonds is 7. The number of imidazole rings is 1. The van der Waals surface area contributed by atoms with E-state index in [1.54, 1.807) is 7.11 Å². The number of hydrogen-bond donors (Lipinski definition) is 2. The van der Waals surface area contributed by atoms with Gasteiger partial charge in [-0.3, -0.25) is 0 Å². The molecule has 0 amide bonds. The van der Waals surface area contributed by atoms with Crippen LogP contribution in [0.15, 0.2) is 53.5 Å². The number of methoxy groups -OCH3 is 1. The predicted octanol–water partition coefficient (Wildman–Crippen LogP) is 3.50. The maximum atomic E-state index is 5.20. The molecule has 0 spiro atoms. The summed E-state index contributed by atoms with van der Waals surface area (Å²) in [4.78, 5) is 9.37. The van der Waals surface area contributed by atoms with Gasteiger partial charge in [-0.2, -0.15) is 0 Å². The van der Waals surface area contributed by atoms with Crippen LogP contribution in [0.5, 0.6) is 5.75 Å². The minimum Gasteiger partial charge on any atom is -0.497 e. The van der Waals surface area contributed by atoms with Crippen molar-refractivity contribution in [3.8, 4) is 5.75 Å². The average molecular weight is 493 g/mol. The Kier molecular flexibility index (Phi) is 8.56. The first kappa shape index (κ1) is 22.0. The van der Waals surface area contributed by atoms with Crippen molar-refractivity contribution in [1.82, 2.24) is 20.2 Å². The van der Waals surface area contributed by atoms with Crippen LogP contribution >= 0.6 is 24.0 Å². The molecule has 0 fully saturated rings. The van der Waals surface area contributed by atoms with E-state index in [0.717, 1.165) is 48.1 Å². The molecule has 3 aromatic rings. The fourth-order valence-corrected chi connectivity index (χ4v) is 2.95. The molecule has 0 atom stereocenters. The van der Waals surface area contributed by atoms with Gasteiger partial charge >= 0.3 is 0 Å². The Balaban J connectivity index is 0.00000280. The number of aryl methyl sites for hydroxylation is 1. The van der Waals surface area contributed by atoms with Gasteiger partial charge in [-0.05, 0) is 43.2 Å². The summed E-state index contributed by atoms with van der Waals surface area (Å²) >= 11 is 0. The third-order valence-electron chi connectivity index (χ3n) is 4.47. The first-order chi connectivity index (χ1) is 13.2. The van der Waals surface area contributed by atoms with Crippen molar-refractivity contribution in [1.29, 1.82) is 0 Å². The molecule has 1 aromatic heterocycles. The molecule has 1 heterocycles. The first-order valence-corrected chi connectivity index (χ1v) is 9.26. The molecule has 0 radical (unpaired) electrons. The van der Waals surface area contributed by atoms with Gasteiger partial charge in [0.25, 0.3) is 0 Å². The van der Waals surface area contributed by atoms with Crippen molar-refractivity contribution in [2.24, 2.45) is 12.0 Å². The molecule has 6 nitrogen and oxygen atoms in total. The van der Waals surface area contributed by atoms with Gasteiger partial charge in [-0.25, -0.2) is 9.98 Å². The van der Waals surface area contributed by atoms with Gasteiger partial charge in [0.05, 0.1) is 18.1 Å². The van der Waals surface area contributed by atoms with E-state index in [4.69, 9.17) is 4.74 Å². The third kappa shape index (κ3) is 5.60. The SMILES string of the molecule is CCNC(=NCc1nc2ccccc2n1C)NCCc1ccc(OC)cc1.I. The second-order valence-corrected chi connectivity index (χ2v) is 6.30. The maximum absolute atomic E-state index is 5.20. The second kappa shape index (κ2) is 10.9. The van der Waals surface area contributed by atoms with Crippen LogP contribution in [-0.2, 0) is 20.0 Å². The van der Waals surface area contributed by atoms with Crippen LogP contribution in [0.4, 0.5) is 0 Å². The summed E-state index contributed by atoms with van der Waals surface area (Å²) in [7, 11) is 3.71. The summed E-state index contributed by atoms with van der Waals surface area (Å²) in [5, 5.41) is 6.68. The standard InChI is InChI=1S/C21H27N5O.HI/c1-4-22-21(23-14-13-16-9-11-17(27-3)12-10-16)24-15-20-25-18-7-5-6-8-19(18)26(20)2;/h5-12H,4,13-15H2,1-3H3,(H2,22,23,24);1H. The quantitative estimate of drug-likeness (QED) is 0.301. The topological polar surface area (TPSA) is 63.5 Å². The number of aliphatic imine (C=N–C) groups is 1. The van der Waals surface area contributed by atoms with Crippen LogP contribution in [-0.4, -0.2) is 35.7 Å². The minimum absolute atomic E-state index is 0. The Bertz CT molecular complexity index is 905. The number of ether oxygens (including phenoxy) is 1. The Morgan fingerprint density at radius 3 is 2.54 bits per heavy atom. The Morgan fingerprint density at radius 1 is 1.11 bits per heavy atom. The number of para-hydroxylation sites is 2. The van der Waals surface area contributed by atoms with Crippen LogP contribution in [0.3, 0.4) is 0 Å². The van der Waals surface area contributed by atoms with Crippen molar-refractivity contribution in [3.05, 3.63) is 59.9 Å². The molecular formula is C21H28IN5O. The fraction of sp³-hybridized carbons (Fsp3) is 0.333. The van der Waals surface area contributed by atoms with Gasteiger partial charge in [0, 0.05) is 20.1 Å². The Morgan fingerprint density at radius 2 is 1.86 bits per heavy atom. The first-order valence-electron chi connectivity index (χ1n) is 9.26. The zero-order chi connectivity index (χ0) is 19.1. The number of fused-ring (bicyclic) bond motifs is 1. The summed E-state index contributed by atoms with van der Waals surface area (Å²) in [5.74, 6) is 2.63. The number of nitrogens with one attached hydrogen (secondary N) is 2. The third-order valence-corrected chi connectivity index (χ3v) is 4.47. The van der Waals surface area contributed by atoms with Crippen molar-refractivity contribution in [2.45, 2.75) is 19.9 Å². The van der Waals surface area contributed by atoms with E-state index in [9.17, 15) is 0 Å². The van der Waals surface area contributed by atoms with E-state index >= 15 is 0 Å². The molecule has 3 rings (SSSR count). The largest absolute Gasteiger partial charge is 0.497 e. The average Bonchev–Trinajstić information content (AvgIpc) is 3.02. The van der Waals surface area contributed by atoms with Crippen molar-refractivity contribution in [3.63, 3.8) is 0 Å². The zero-order valence-electron chi connectivity index (χ0n) is 16.6. The van der Waals surface area contributed by atoms with Crippen LogP contribution in [0, 0.1) is 0 Å². The van der Waals surface area contributed by atoms with Crippen LogP contribution in [0.2, 0.25) is 0 Å². The van der Waals surface area contributed by atoms with Gasteiger partial charge in [0.2, 0.25) is 0 Å². The predicted molar refractivity (Wildman–Crippen MR) is 126 cm³/mol. The van der Waals surface area contributed by atoms with Crippen molar-refractivity contribution < 1.29 is 4.74 Å². The van der Waals surface area contributed by atoms with E-state index in [-0.39, 0.29) is 24.0 Å². The Labute approximate surface area is 183 Å². The minimum atomic E-state index is 0. The fourth-order valence-electron chi connectivity index (χ4n) is 2.95. The lowest BCUT2D eigenvalue weighted by Gasteiger charge is -2.11. The molecule has 0 saturated carbocycles. The number of aromatic nitrogens is 2. The highest BCUT2D eigenvalue weighted by atomic mass is 127.